The topological polar surface area (TPSA) is 16.4 Å². The maximum absolute atomic E-state index is 6.56. The van der Waals surface area contributed by atoms with Crippen LogP contribution in [0.3, 0.4) is 0 Å². The minimum Gasteiger partial charge on any atom is -0.455 e. The first-order valence-electron chi connectivity index (χ1n) is 20.6. The van der Waals surface area contributed by atoms with Crippen LogP contribution in [0.2, 0.25) is 0 Å². The fourth-order valence-electron chi connectivity index (χ4n) is 8.87. The Labute approximate surface area is 350 Å². The summed E-state index contributed by atoms with van der Waals surface area (Å²) in [6.07, 6.45) is 6.41. The van der Waals surface area contributed by atoms with Gasteiger partial charge in [-0.3, -0.25) is 0 Å². The minimum atomic E-state index is 0.822. The third-order valence-electron chi connectivity index (χ3n) is 11.9. The van der Waals surface area contributed by atoms with Crippen molar-refractivity contribution < 1.29 is 4.42 Å². The van der Waals surface area contributed by atoms with E-state index in [1.807, 2.05) is 18.2 Å². The van der Waals surface area contributed by atoms with E-state index >= 15 is 0 Å². The lowest BCUT2D eigenvalue weighted by atomic mass is 9.93. The molecule has 0 N–H and O–H groups in total. The van der Waals surface area contributed by atoms with E-state index in [-0.39, 0.29) is 0 Å². The van der Waals surface area contributed by atoms with Gasteiger partial charge in [-0.2, -0.15) is 0 Å². The van der Waals surface area contributed by atoms with Gasteiger partial charge in [-0.25, -0.2) is 0 Å². The highest BCUT2D eigenvalue weighted by atomic mass is 16.3. The molecule has 0 bridgehead atoms. The Morgan fingerprint density at radius 3 is 1.93 bits per heavy atom. The monoisotopic (exact) mass is 765 g/mol. The Morgan fingerprint density at radius 1 is 0.450 bits per heavy atom. The van der Waals surface area contributed by atoms with Crippen molar-refractivity contribution in [3.8, 4) is 44.5 Å². The Morgan fingerprint density at radius 2 is 1.08 bits per heavy atom. The molecule has 1 aliphatic rings. The van der Waals surface area contributed by atoms with Crippen LogP contribution in [-0.2, 0) is 0 Å². The van der Waals surface area contributed by atoms with E-state index < -0.39 is 0 Å². The molecule has 9 aromatic carbocycles. The molecule has 0 unspecified atom stereocenters. The van der Waals surface area contributed by atoms with Gasteiger partial charge < -0.3 is 9.32 Å². The van der Waals surface area contributed by atoms with Crippen LogP contribution in [-0.4, -0.2) is 0 Å². The molecule has 0 radical (unpaired) electrons. The zero-order valence-electron chi connectivity index (χ0n) is 33.0. The summed E-state index contributed by atoms with van der Waals surface area (Å²) in [4.78, 5) is 2.42. The summed E-state index contributed by atoms with van der Waals surface area (Å²) >= 11 is 0. The highest BCUT2D eigenvalue weighted by Gasteiger charge is 2.23. The van der Waals surface area contributed by atoms with E-state index in [0.717, 1.165) is 57.3 Å². The molecule has 0 fully saturated rings. The number of fused-ring (bicyclic) bond motifs is 4. The number of para-hydroxylation sites is 2. The Hall–Kier alpha value is -7.86. The lowest BCUT2D eigenvalue weighted by Gasteiger charge is -2.31. The second-order valence-corrected chi connectivity index (χ2v) is 15.4. The van der Waals surface area contributed by atoms with E-state index in [1.54, 1.807) is 0 Å². The molecule has 1 heterocycles. The van der Waals surface area contributed by atoms with Gasteiger partial charge in [-0.05, 0) is 105 Å². The van der Waals surface area contributed by atoms with Crippen LogP contribution in [0.25, 0.3) is 82.8 Å². The molecule has 0 saturated carbocycles. The smallest absolute Gasteiger partial charge is 0.152 e. The van der Waals surface area contributed by atoms with Crippen molar-refractivity contribution in [2.75, 3.05) is 4.90 Å². The number of hydrogen-bond donors (Lipinski definition) is 0. The number of furan rings is 1. The summed E-state index contributed by atoms with van der Waals surface area (Å²) in [5.74, 6) is 0. The molecular weight excluding hydrogens is 727 g/mol. The van der Waals surface area contributed by atoms with Crippen molar-refractivity contribution in [1.82, 2.24) is 0 Å². The van der Waals surface area contributed by atoms with Gasteiger partial charge >= 0.3 is 0 Å². The van der Waals surface area contributed by atoms with Gasteiger partial charge in [0.1, 0.15) is 5.58 Å². The summed E-state index contributed by atoms with van der Waals surface area (Å²) in [7, 11) is 0. The molecule has 1 aromatic heterocycles. The fourth-order valence-corrected chi connectivity index (χ4v) is 8.87. The van der Waals surface area contributed by atoms with Crippen LogP contribution in [0.5, 0.6) is 0 Å². The van der Waals surface area contributed by atoms with Crippen molar-refractivity contribution in [3.05, 3.63) is 236 Å². The van der Waals surface area contributed by atoms with Crippen molar-refractivity contribution >= 4 is 49.7 Å². The Kier molecular flexibility index (Phi) is 8.91. The van der Waals surface area contributed by atoms with E-state index in [2.05, 4.69) is 211 Å². The zero-order chi connectivity index (χ0) is 39.8. The van der Waals surface area contributed by atoms with Gasteiger partial charge in [-0.15, -0.1) is 0 Å². The van der Waals surface area contributed by atoms with Gasteiger partial charge in [0.05, 0.1) is 11.3 Å². The lowest BCUT2D eigenvalue weighted by Crippen LogP contribution is -2.18. The highest BCUT2D eigenvalue weighted by Crippen LogP contribution is 2.44. The minimum absolute atomic E-state index is 0.822. The Balaban J connectivity index is 0.999. The maximum atomic E-state index is 6.56. The SMILES string of the molecule is c1cc2c(oc3ccccc32)c(-c2ccccc2N(C2=CC=C(c3ccc(-c4ccccc4)cc3)CC2)c2ccc(-c3cccc(-c4cccc5ccccc45)c3)cc2)c#1. The molecule has 60 heavy (non-hydrogen) atoms. The van der Waals surface area contributed by atoms with E-state index in [0.29, 0.717) is 0 Å². The maximum Gasteiger partial charge on any atom is 0.152 e. The molecule has 1 aliphatic carbocycles. The normalized spacial score (nSPS) is 12.6. The number of benzene rings is 8. The zero-order valence-corrected chi connectivity index (χ0v) is 33.0. The van der Waals surface area contributed by atoms with Gasteiger partial charge in [0.25, 0.3) is 0 Å². The van der Waals surface area contributed by atoms with Crippen LogP contribution >= 0.6 is 0 Å². The highest BCUT2D eigenvalue weighted by molar-refractivity contribution is 6.10. The van der Waals surface area contributed by atoms with Crippen molar-refractivity contribution in [1.29, 1.82) is 0 Å². The van der Waals surface area contributed by atoms with Gasteiger partial charge in [-0.1, -0.05) is 182 Å². The molecule has 0 spiro atoms. The van der Waals surface area contributed by atoms with Gasteiger partial charge in [0, 0.05) is 33.8 Å². The second kappa shape index (κ2) is 15.1. The average molecular weight is 766 g/mol. The molecule has 2 heteroatoms. The summed E-state index contributed by atoms with van der Waals surface area (Å²) in [5.41, 5.74) is 16.9. The summed E-state index contributed by atoms with van der Waals surface area (Å²) in [5, 5.41) is 4.63. The molecule has 10 aromatic rings. The standard InChI is InChI=1S/C58H39NO/c1-2-13-40(14-3-1)41-27-29-42(30-28-41)43-31-35-48(36-32-43)59(56-25-8-6-20-52(56)54-23-12-24-55-53-21-7-9-26-57(53)60-58(54)55)49-37-33-44(34-38-49)46-17-10-18-47(39-46)51-22-11-16-45-15-4-5-19-50(45)51/h1-11,13-22,24-31,33-35,37-39H,32,36H2. The summed E-state index contributed by atoms with van der Waals surface area (Å²) < 4.78 is 6.56. The first kappa shape index (κ1) is 35.3. The molecule has 0 saturated heterocycles. The van der Waals surface area contributed by atoms with E-state index in [9.17, 15) is 0 Å². The molecule has 2 nitrogen and oxygen atoms in total. The molecule has 282 valence electrons. The van der Waals surface area contributed by atoms with Crippen LogP contribution < -0.4 is 4.90 Å². The number of anilines is 2. The fraction of sp³-hybridized carbons (Fsp3) is 0.0345. The first-order valence-corrected chi connectivity index (χ1v) is 20.6. The molecule has 11 rings (SSSR count). The third kappa shape index (κ3) is 6.44. The summed E-state index contributed by atoms with van der Waals surface area (Å²) in [6.45, 7) is 0. The van der Waals surface area contributed by atoms with Crippen molar-refractivity contribution in [2.24, 2.45) is 0 Å². The van der Waals surface area contributed by atoms with Gasteiger partial charge in [0.2, 0.25) is 0 Å². The van der Waals surface area contributed by atoms with Crippen molar-refractivity contribution in [3.63, 3.8) is 0 Å². The molecule has 0 amide bonds. The predicted molar refractivity (Wildman–Crippen MR) is 251 cm³/mol. The molecule has 0 aliphatic heterocycles. The quantitative estimate of drug-likeness (QED) is 0.153. The van der Waals surface area contributed by atoms with Crippen molar-refractivity contribution in [2.45, 2.75) is 12.8 Å². The van der Waals surface area contributed by atoms with Gasteiger partial charge in [0.15, 0.2) is 5.58 Å². The first-order chi connectivity index (χ1) is 29.7. The molecule has 0 atom stereocenters. The Bertz CT molecular complexity index is 3230. The molecular formula is C58H39NO. The number of rotatable bonds is 8. The summed E-state index contributed by atoms with van der Waals surface area (Å²) in [6, 6.07) is 78.3. The average Bonchev–Trinajstić information content (AvgIpc) is 3.72. The van der Waals surface area contributed by atoms with Crippen LogP contribution in [0, 0.1) is 12.1 Å². The predicted octanol–water partition coefficient (Wildman–Crippen LogP) is 15.9. The number of hydrogen-bond acceptors (Lipinski definition) is 2. The van der Waals surface area contributed by atoms with Crippen LogP contribution in [0.1, 0.15) is 18.4 Å². The number of allylic oxidation sites excluding steroid dienone is 4. The van der Waals surface area contributed by atoms with E-state index in [4.69, 9.17) is 4.42 Å². The van der Waals surface area contributed by atoms with Crippen LogP contribution in [0.4, 0.5) is 11.4 Å². The largest absolute Gasteiger partial charge is 0.455 e. The number of nitrogens with zero attached hydrogens (tertiary/aromatic N) is 1. The second-order valence-electron chi connectivity index (χ2n) is 15.4. The lowest BCUT2D eigenvalue weighted by molar-refractivity contribution is 0.670. The van der Waals surface area contributed by atoms with Crippen LogP contribution in [0.15, 0.2) is 222 Å². The third-order valence-corrected chi connectivity index (χ3v) is 11.9. The van der Waals surface area contributed by atoms with E-state index in [1.165, 1.54) is 61.0 Å².